The molecule has 2 aromatic heterocycles. The minimum atomic E-state index is 0.0130. The van der Waals surface area contributed by atoms with Crippen molar-refractivity contribution in [3.63, 3.8) is 0 Å². The lowest BCUT2D eigenvalue weighted by Crippen LogP contribution is -2.02. The van der Waals surface area contributed by atoms with E-state index in [-0.39, 0.29) is 6.61 Å². The number of aryl methyl sites for hydroxylation is 1. The number of nitrogens with one attached hydrogen (secondary N) is 1. The molecule has 0 radical (unpaired) electrons. The van der Waals surface area contributed by atoms with Crippen LogP contribution in [0.4, 0.5) is 5.69 Å². The van der Waals surface area contributed by atoms with Gasteiger partial charge in [0.05, 0.1) is 24.7 Å². The number of anilines is 1. The zero-order chi connectivity index (χ0) is 12.1. The summed E-state index contributed by atoms with van der Waals surface area (Å²) in [4.78, 5) is 4.03. The normalized spacial score (nSPS) is 10.5. The molecular weight excluding hydrogens is 216 g/mol. The molecule has 0 aliphatic rings. The van der Waals surface area contributed by atoms with Gasteiger partial charge in [0.1, 0.15) is 0 Å². The zero-order valence-electron chi connectivity index (χ0n) is 9.80. The van der Waals surface area contributed by atoms with Gasteiger partial charge in [0.25, 0.3) is 0 Å². The number of hydrogen-bond acceptors (Lipinski definition) is 4. The Morgan fingerprint density at radius 2 is 2.29 bits per heavy atom. The third-order valence-electron chi connectivity index (χ3n) is 2.58. The van der Waals surface area contributed by atoms with E-state index in [1.54, 1.807) is 18.5 Å². The molecule has 0 amide bonds. The van der Waals surface area contributed by atoms with Crippen molar-refractivity contribution >= 4 is 5.69 Å². The number of nitrogens with zero attached hydrogens (tertiary/aromatic N) is 3. The van der Waals surface area contributed by atoms with Gasteiger partial charge in [0, 0.05) is 36.6 Å². The molecule has 0 aliphatic heterocycles. The Kier molecular flexibility index (Phi) is 3.72. The summed E-state index contributed by atoms with van der Waals surface area (Å²) in [6.45, 7) is 3.61. The van der Waals surface area contributed by atoms with Crippen LogP contribution in [-0.4, -0.2) is 19.9 Å². The van der Waals surface area contributed by atoms with Gasteiger partial charge < -0.3 is 10.4 Å². The molecular formula is C12H16N4O. The fourth-order valence-electron chi connectivity index (χ4n) is 1.59. The summed E-state index contributed by atoms with van der Waals surface area (Å²) in [5.74, 6) is 0. The number of rotatable bonds is 5. The second-order valence-corrected chi connectivity index (χ2v) is 3.75. The van der Waals surface area contributed by atoms with Gasteiger partial charge in [-0.1, -0.05) is 0 Å². The van der Waals surface area contributed by atoms with Crippen molar-refractivity contribution in [1.82, 2.24) is 14.8 Å². The van der Waals surface area contributed by atoms with Crippen molar-refractivity contribution in [3.05, 3.63) is 42.0 Å². The summed E-state index contributed by atoms with van der Waals surface area (Å²) >= 11 is 0. The van der Waals surface area contributed by atoms with E-state index in [9.17, 15) is 5.11 Å². The fourth-order valence-corrected chi connectivity index (χ4v) is 1.59. The van der Waals surface area contributed by atoms with Crippen LogP contribution in [0, 0.1) is 0 Å². The summed E-state index contributed by atoms with van der Waals surface area (Å²) in [6.07, 6.45) is 7.23. The van der Waals surface area contributed by atoms with Crippen LogP contribution in [0.2, 0.25) is 0 Å². The second-order valence-electron chi connectivity index (χ2n) is 3.75. The van der Waals surface area contributed by atoms with Crippen molar-refractivity contribution in [2.45, 2.75) is 26.6 Å². The first-order chi connectivity index (χ1) is 8.33. The molecule has 0 fully saturated rings. The Labute approximate surface area is 100 Å². The van der Waals surface area contributed by atoms with Crippen molar-refractivity contribution in [2.24, 2.45) is 0 Å². The highest BCUT2D eigenvalue weighted by Crippen LogP contribution is 2.14. The van der Waals surface area contributed by atoms with Crippen LogP contribution >= 0.6 is 0 Å². The molecule has 17 heavy (non-hydrogen) atoms. The van der Waals surface area contributed by atoms with E-state index in [0.29, 0.717) is 6.54 Å². The molecule has 5 heteroatoms. The third kappa shape index (κ3) is 2.82. The molecule has 0 spiro atoms. The first-order valence-corrected chi connectivity index (χ1v) is 5.62. The van der Waals surface area contributed by atoms with Gasteiger partial charge in [-0.3, -0.25) is 9.67 Å². The molecule has 2 heterocycles. The Balaban J connectivity index is 2.01. The van der Waals surface area contributed by atoms with Crippen LogP contribution in [0.5, 0.6) is 0 Å². The predicted molar refractivity (Wildman–Crippen MR) is 65.4 cm³/mol. The van der Waals surface area contributed by atoms with Gasteiger partial charge in [-0.05, 0) is 13.0 Å². The monoisotopic (exact) mass is 232 g/mol. The first kappa shape index (κ1) is 11.6. The third-order valence-corrected chi connectivity index (χ3v) is 2.58. The summed E-state index contributed by atoms with van der Waals surface area (Å²) in [7, 11) is 0. The summed E-state index contributed by atoms with van der Waals surface area (Å²) in [5, 5.41) is 16.6. The quantitative estimate of drug-likeness (QED) is 0.818. The first-order valence-electron chi connectivity index (χ1n) is 5.62. The van der Waals surface area contributed by atoms with Gasteiger partial charge in [0.2, 0.25) is 0 Å². The van der Waals surface area contributed by atoms with Gasteiger partial charge >= 0.3 is 0 Å². The number of hydrogen-bond donors (Lipinski definition) is 2. The molecule has 2 rings (SSSR count). The van der Waals surface area contributed by atoms with Gasteiger partial charge in [-0.25, -0.2) is 0 Å². The smallest absolute Gasteiger partial charge is 0.0703 e. The van der Waals surface area contributed by atoms with E-state index in [1.165, 1.54) is 0 Å². The van der Waals surface area contributed by atoms with E-state index in [0.717, 1.165) is 23.4 Å². The molecule has 0 aliphatic carbocycles. The van der Waals surface area contributed by atoms with Gasteiger partial charge in [0.15, 0.2) is 0 Å². The van der Waals surface area contributed by atoms with Crippen molar-refractivity contribution < 1.29 is 5.11 Å². The molecule has 5 nitrogen and oxygen atoms in total. The summed E-state index contributed by atoms with van der Waals surface area (Å²) in [6, 6.07) is 1.80. The maximum atomic E-state index is 9.17. The number of aromatic nitrogens is 3. The lowest BCUT2D eigenvalue weighted by atomic mass is 10.2. The fraction of sp³-hybridized carbons (Fsp3) is 0.333. The van der Waals surface area contributed by atoms with Crippen LogP contribution in [0.15, 0.2) is 30.9 Å². The number of aliphatic hydroxyl groups excluding tert-OH is 1. The summed E-state index contributed by atoms with van der Waals surface area (Å²) < 4.78 is 1.88. The molecule has 0 atom stereocenters. The lowest BCUT2D eigenvalue weighted by Gasteiger charge is -2.08. The average Bonchev–Trinajstić information content (AvgIpc) is 2.84. The minimum absolute atomic E-state index is 0.0130. The molecule has 0 saturated carbocycles. The highest BCUT2D eigenvalue weighted by Gasteiger charge is 2.02. The van der Waals surface area contributed by atoms with E-state index < -0.39 is 0 Å². The van der Waals surface area contributed by atoms with Crippen LogP contribution in [-0.2, 0) is 19.7 Å². The summed E-state index contributed by atoms with van der Waals surface area (Å²) in [5.41, 5.74) is 2.82. The van der Waals surface area contributed by atoms with Gasteiger partial charge in [-0.2, -0.15) is 5.10 Å². The Bertz CT molecular complexity index is 481. The van der Waals surface area contributed by atoms with E-state index in [1.807, 2.05) is 17.1 Å². The average molecular weight is 232 g/mol. The lowest BCUT2D eigenvalue weighted by molar-refractivity contribution is 0.282. The van der Waals surface area contributed by atoms with Crippen molar-refractivity contribution in [2.75, 3.05) is 5.32 Å². The van der Waals surface area contributed by atoms with E-state index in [2.05, 4.69) is 22.3 Å². The number of aliphatic hydroxyl groups is 1. The molecule has 0 bridgehead atoms. The molecule has 2 aromatic rings. The Morgan fingerprint density at radius 3 is 3.00 bits per heavy atom. The molecule has 0 unspecified atom stereocenters. The van der Waals surface area contributed by atoms with Crippen LogP contribution < -0.4 is 5.32 Å². The molecule has 0 saturated heterocycles. The Hall–Kier alpha value is -1.88. The second kappa shape index (κ2) is 5.45. The predicted octanol–water partition coefficient (Wildman–Crippen LogP) is 1.40. The van der Waals surface area contributed by atoms with Crippen LogP contribution in [0.1, 0.15) is 18.1 Å². The van der Waals surface area contributed by atoms with Crippen molar-refractivity contribution in [3.8, 4) is 0 Å². The SMILES string of the molecule is CCn1cc(CNc2cnccc2CO)cn1. The topological polar surface area (TPSA) is 63.0 Å². The molecule has 0 aromatic carbocycles. The van der Waals surface area contributed by atoms with Crippen LogP contribution in [0.25, 0.3) is 0 Å². The largest absolute Gasteiger partial charge is 0.392 e. The van der Waals surface area contributed by atoms with Crippen molar-refractivity contribution in [1.29, 1.82) is 0 Å². The van der Waals surface area contributed by atoms with E-state index in [4.69, 9.17) is 0 Å². The molecule has 90 valence electrons. The maximum absolute atomic E-state index is 9.17. The number of pyridine rings is 1. The Morgan fingerprint density at radius 1 is 1.41 bits per heavy atom. The van der Waals surface area contributed by atoms with Crippen LogP contribution in [0.3, 0.4) is 0 Å². The van der Waals surface area contributed by atoms with Gasteiger partial charge in [-0.15, -0.1) is 0 Å². The highest BCUT2D eigenvalue weighted by atomic mass is 16.3. The zero-order valence-corrected chi connectivity index (χ0v) is 9.80. The minimum Gasteiger partial charge on any atom is -0.392 e. The maximum Gasteiger partial charge on any atom is 0.0703 e. The van der Waals surface area contributed by atoms with E-state index >= 15 is 0 Å². The molecule has 2 N–H and O–H groups in total. The highest BCUT2D eigenvalue weighted by molar-refractivity contribution is 5.48. The standard InChI is InChI=1S/C12H16N4O/c1-2-16-8-10(6-15-16)5-14-12-7-13-4-3-11(12)9-17/h3-4,6-8,14,17H,2,5,9H2,1H3.